The van der Waals surface area contributed by atoms with Crippen molar-refractivity contribution < 1.29 is 51.6 Å². The number of carbonyl (C=O) groups excluding carboxylic acids is 3. The van der Waals surface area contributed by atoms with E-state index in [1.807, 2.05) is 0 Å². The molecule has 0 saturated carbocycles. The number of ketones is 1. The van der Waals surface area contributed by atoms with Crippen molar-refractivity contribution >= 4 is 39.3 Å². The van der Waals surface area contributed by atoms with Gasteiger partial charge in [0.25, 0.3) is 0 Å². The van der Waals surface area contributed by atoms with Crippen LogP contribution in [0.2, 0.25) is 0 Å². The first-order chi connectivity index (χ1) is 21.4. The number of hydrogen-bond donors (Lipinski definition) is 0. The van der Waals surface area contributed by atoms with Gasteiger partial charge in [-0.15, -0.1) is 11.3 Å². The number of hydrogen-bond acceptors (Lipinski definition) is 10. The number of esters is 1. The first-order valence-corrected chi connectivity index (χ1v) is 15.3. The van der Waals surface area contributed by atoms with Crippen LogP contribution in [0.15, 0.2) is 18.2 Å². The largest absolute Gasteiger partial charge is 0.493 e. The second-order valence-electron chi connectivity index (χ2n) is 11.2. The molecule has 1 aromatic heterocycles. The van der Waals surface area contributed by atoms with Crippen LogP contribution in [0.5, 0.6) is 23.0 Å². The SMILES string of the molecule is CCOC(=O)CCC(=O)c1cc2c(F)c(OCCCOc3c(OC)cc4c(c3F)CN(C(=O)OC(C)(C)C)C4)c(OC)cc2s1. The third-order valence-corrected chi connectivity index (χ3v) is 7.91. The van der Waals surface area contributed by atoms with Crippen LogP contribution in [0.1, 0.15) is 67.8 Å². The molecule has 2 heterocycles. The Morgan fingerprint density at radius 1 is 0.911 bits per heavy atom. The third kappa shape index (κ3) is 7.94. The molecule has 0 bridgehead atoms. The Balaban J connectivity index is 1.39. The highest BCUT2D eigenvalue weighted by Gasteiger charge is 2.32. The Morgan fingerprint density at radius 3 is 2.18 bits per heavy atom. The molecule has 0 saturated heterocycles. The van der Waals surface area contributed by atoms with Crippen molar-refractivity contribution in [3.63, 3.8) is 0 Å². The number of halogens is 2. The number of amides is 1. The maximum Gasteiger partial charge on any atom is 0.410 e. The van der Waals surface area contributed by atoms with Crippen LogP contribution in [0, 0.1) is 11.6 Å². The minimum Gasteiger partial charge on any atom is -0.493 e. The smallest absolute Gasteiger partial charge is 0.410 e. The fraction of sp³-hybridized carbons (Fsp3) is 0.469. The van der Waals surface area contributed by atoms with Crippen molar-refractivity contribution in [2.24, 2.45) is 0 Å². The van der Waals surface area contributed by atoms with Crippen molar-refractivity contribution in [2.75, 3.05) is 34.0 Å². The van der Waals surface area contributed by atoms with Crippen LogP contribution < -0.4 is 18.9 Å². The van der Waals surface area contributed by atoms with E-state index in [4.69, 9.17) is 28.4 Å². The van der Waals surface area contributed by atoms with Crippen LogP contribution in [0.4, 0.5) is 13.6 Å². The van der Waals surface area contributed by atoms with Crippen molar-refractivity contribution in [1.29, 1.82) is 0 Å². The number of benzene rings is 2. The predicted molar refractivity (Wildman–Crippen MR) is 163 cm³/mol. The lowest BCUT2D eigenvalue weighted by Gasteiger charge is -2.24. The summed E-state index contributed by atoms with van der Waals surface area (Å²) in [5.74, 6) is -1.97. The summed E-state index contributed by atoms with van der Waals surface area (Å²) in [6.45, 7) is 7.42. The lowest BCUT2D eigenvalue weighted by atomic mass is 10.1. The summed E-state index contributed by atoms with van der Waals surface area (Å²) >= 11 is 1.10. The fourth-order valence-electron chi connectivity index (χ4n) is 4.71. The van der Waals surface area contributed by atoms with Crippen LogP contribution in [-0.2, 0) is 27.4 Å². The maximum absolute atomic E-state index is 15.5. The molecule has 0 atom stereocenters. The monoisotopic (exact) mass is 649 g/mol. The van der Waals surface area contributed by atoms with Crippen molar-refractivity contribution in [3.05, 3.63) is 45.8 Å². The lowest BCUT2D eigenvalue weighted by molar-refractivity contribution is -0.143. The molecule has 4 rings (SSSR count). The second-order valence-corrected chi connectivity index (χ2v) is 12.3. The van der Waals surface area contributed by atoms with E-state index in [-0.39, 0.29) is 86.3 Å². The summed E-state index contributed by atoms with van der Waals surface area (Å²) in [5.41, 5.74) is 0.235. The Bertz CT molecular complexity index is 1580. The van der Waals surface area contributed by atoms with Crippen molar-refractivity contribution in [3.8, 4) is 23.0 Å². The predicted octanol–water partition coefficient (Wildman–Crippen LogP) is 6.82. The highest BCUT2D eigenvalue weighted by molar-refractivity contribution is 7.20. The molecule has 0 spiro atoms. The molecule has 13 heteroatoms. The van der Waals surface area contributed by atoms with Crippen LogP contribution in [0.3, 0.4) is 0 Å². The van der Waals surface area contributed by atoms with Gasteiger partial charge < -0.3 is 28.4 Å². The number of rotatable bonds is 13. The van der Waals surface area contributed by atoms with Gasteiger partial charge in [-0.1, -0.05) is 0 Å². The third-order valence-electron chi connectivity index (χ3n) is 6.78. The van der Waals surface area contributed by atoms with Gasteiger partial charge in [0.1, 0.15) is 5.60 Å². The number of ether oxygens (including phenoxy) is 6. The van der Waals surface area contributed by atoms with E-state index in [2.05, 4.69) is 0 Å². The molecule has 1 amide bonds. The molecule has 0 N–H and O–H groups in total. The number of thiophene rings is 1. The Hall–Kier alpha value is -4.13. The normalized spacial score (nSPS) is 12.6. The lowest BCUT2D eigenvalue weighted by Crippen LogP contribution is -2.33. The van der Waals surface area contributed by atoms with Gasteiger partial charge in [-0.25, -0.2) is 13.6 Å². The minimum atomic E-state index is -0.688. The molecule has 2 aromatic carbocycles. The van der Waals surface area contributed by atoms with Gasteiger partial charge >= 0.3 is 12.1 Å². The van der Waals surface area contributed by atoms with Gasteiger partial charge in [0.15, 0.2) is 40.4 Å². The van der Waals surface area contributed by atoms with Crippen molar-refractivity contribution in [2.45, 2.75) is 65.6 Å². The maximum atomic E-state index is 15.5. The zero-order chi connectivity index (χ0) is 32.9. The number of Topliss-reactive ketones (excluding diaryl/α,β-unsaturated/α-hetero) is 1. The minimum absolute atomic E-state index is 0.00947. The zero-order valence-electron chi connectivity index (χ0n) is 26.2. The van der Waals surface area contributed by atoms with Gasteiger partial charge in [0, 0.05) is 41.1 Å². The number of nitrogens with zero attached hydrogens (tertiary/aromatic N) is 1. The molecule has 10 nitrogen and oxygen atoms in total. The summed E-state index contributed by atoms with van der Waals surface area (Å²) < 4.78 is 64.0. The molecule has 1 aliphatic rings. The molecule has 0 fully saturated rings. The summed E-state index contributed by atoms with van der Waals surface area (Å²) in [6.07, 6.45) is -0.400. The van der Waals surface area contributed by atoms with E-state index in [0.717, 1.165) is 11.3 Å². The highest BCUT2D eigenvalue weighted by atomic mass is 32.1. The van der Waals surface area contributed by atoms with Crippen LogP contribution in [0.25, 0.3) is 10.1 Å². The molecule has 0 unspecified atom stereocenters. The Labute approximate surface area is 264 Å². The summed E-state index contributed by atoms with van der Waals surface area (Å²) in [4.78, 5) is 38.5. The van der Waals surface area contributed by atoms with E-state index in [9.17, 15) is 14.4 Å². The zero-order valence-corrected chi connectivity index (χ0v) is 27.0. The summed E-state index contributed by atoms with van der Waals surface area (Å²) in [5, 5.41) is 0.192. The van der Waals surface area contributed by atoms with E-state index < -0.39 is 29.3 Å². The second kappa shape index (κ2) is 14.3. The van der Waals surface area contributed by atoms with Gasteiger partial charge in [-0.05, 0) is 45.4 Å². The Morgan fingerprint density at radius 2 is 1.56 bits per heavy atom. The molecule has 0 radical (unpaired) electrons. The molecular weight excluding hydrogens is 612 g/mol. The summed E-state index contributed by atoms with van der Waals surface area (Å²) in [6, 6.07) is 4.66. The van der Waals surface area contributed by atoms with Crippen LogP contribution in [-0.4, -0.2) is 62.4 Å². The van der Waals surface area contributed by atoms with E-state index in [0.29, 0.717) is 20.7 Å². The van der Waals surface area contributed by atoms with Gasteiger partial charge in [-0.3, -0.25) is 14.5 Å². The standard InChI is InChI=1S/C32H37F2NO9S/c1-7-41-26(37)10-9-21(36)25-14-19-24(45-25)15-23(40-6)30(27(19)33)43-12-8-11-42-29-22(39-5)13-18-16-35(17-20(18)28(29)34)31(38)44-32(2,3)4/h13-15H,7-12,16-17H2,1-6H3. The highest BCUT2D eigenvalue weighted by Crippen LogP contribution is 2.41. The van der Waals surface area contributed by atoms with E-state index in [1.54, 1.807) is 39.8 Å². The average molecular weight is 650 g/mol. The number of fused-ring (bicyclic) bond motifs is 2. The number of carbonyl (C=O) groups is 3. The molecule has 45 heavy (non-hydrogen) atoms. The van der Waals surface area contributed by atoms with Gasteiger partial charge in [-0.2, -0.15) is 0 Å². The molecule has 3 aromatic rings. The first-order valence-electron chi connectivity index (χ1n) is 14.5. The molecule has 1 aliphatic heterocycles. The van der Waals surface area contributed by atoms with Gasteiger partial charge in [0.05, 0.1) is 51.9 Å². The van der Waals surface area contributed by atoms with Gasteiger partial charge in [0.2, 0.25) is 0 Å². The van der Waals surface area contributed by atoms with E-state index in [1.165, 1.54) is 25.2 Å². The van der Waals surface area contributed by atoms with Crippen LogP contribution >= 0.6 is 11.3 Å². The molecular formula is C32H37F2NO9S. The van der Waals surface area contributed by atoms with E-state index >= 15 is 8.78 Å². The first kappa shape index (κ1) is 33.8. The topological polar surface area (TPSA) is 110 Å². The Kier molecular flexibility index (Phi) is 10.7. The molecule has 244 valence electrons. The molecule has 0 aliphatic carbocycles. The quantitative estimate of drug-likeness (QED) is 0.112. The fourth-order valence-corrected chi connectivity index (χ4v) is 5.76. The van der Waals surface area contributed by atoms with Crippen molar-refractivity contribution in [1.82, 2.24) is 4.90 Å². The summed E-state index contributed by atoms with van der Waals surface area (Å²) in [7, 11) is 2.77. The number of methoxy groups -OCH3 is 2. The average Bonchev–Trinajstić information content (AvgIpc) is 3.62.